The van der Waals surface area contributed by atoms with Crippen LogP contribution in [0.15, 0.2) is 0 Å². The molecule has 6 nitrogen and oxygen atoms in total. The Labute approximate surface area is 87.6 Å². The van der Waals surface area contributed by atoms with Gasteiger partial charge in [-0.3, -0.25) is 0 Å². The summed E-state index contributed by atoms with van der Waals surface area (Å²) in [5, 5.41) is 40.4. The van der Waals surface area contributed by atoms with E-state index in [9.17, 15) is 0 Å². The van der Waals surface area contributed by atoms with E-state index in [-0.39, 0.29) is 31.4 Å². The van der Waals surface area contributed by atoms with Crippen LogP contribution in [0.4, 0.5) is 0 Å². The van der Waals surface area contributed by atoms with E-state index in [2.05, 4.69) is 10.6 Å². The summed E-state index contributed by atoms with van der Waals surface area (Å²) in [4.78, 5) is 0. The fourth-order valence-corrected chi connectivity index (χ4v) is 0.779. The lowest BCUT2D eigenvalue weighted by Gasteiger charge is -2.14. The van der Waals surface area contributed by atoms with E-state index < -0.39 is 12.2 Å². The first-order valence-electron chi connectivity index (χ1n) is 4.19. The molecule has 0 aliphatic carbocycles. The maximum absolute atomic E-state index is 8.94. The summed E-state index contributed by atoms with van der Waals surface area (Å²) < 4.78 is 0. The Hall–Kier alpha value is -0.470. The molecule has 0 aliphatic heterocycles. The monoisotopic (exact) mass is 224 g/mol. The van der Waals surface area contributed by atoms with Crippen molar-refractivity contribution in [1.29, 1.82) is 0 Å². The molecule has 0 fully saturated rings. The zero-order valence-electron chi connectivity index (χ0n) is 7.68. The van der Waals surface area contributed by atoms with Gasteiger partial charge in [0.25, 0.3) is 0 Å². The Morgan fingerprint density at radius 1 is 1.00 bits per heavy atom. The summed E-state index contributed by atoms with van der Waals surface area (Å²) in [5.41, 5.74) is 0. The van der Waals surface area contributed by atoms with Crippen molar-refractivity contribution in [3.8, 4) is 0 Å². The van der Waals surface area contributed by atoms with Crippen LogP contribution in [-0.4, -0.2) is 64.0 Å². The molecule has 0 saturated heterocycles. The normalized spacial score (nSPS) is 14.6. The van der Waals surface area contributed by atoms with Crippen molar-refractivity contribution in [3.63, 3.8) is 0 Å². The molecule has 0 aromatic carbocycles. The van der Waals surface area contributed by atoms with Gasteiger partial charge in [0.15, 0.2) is 5.11 Å². The Bertz CT molecular complexity index is 154. The molecule has 0 spiro atoms. The molecule has 0 radical (unpaired) electrons. The quantitative estimate of drug-likeness (QED) is 0.270. The summed E-state index contributed by atoms with van der Waals surface area (Å²) in [6.07, 6.45) is -1.73. The molecule has 0 aromatic rings. The zero-order valence-corrected chi connectivity index (χ0v) is 8.50. The van der Waals surface area contributed by atoms with Crippen LogP contribution in [-0.2, 0) is 0 Å². The Morgan fingerprint density at radius 2 is 1.36 bits per heavy atom. The van der Waals surface area contributed by atoms with E-state index >= 15 is 0 Å². The van der Waals surface area contributed by atoms with E-state index in [1.807, 2.05) is 0 Å². The number of aliphatic hydroxyl groups is 4. The van der Waals surface area contributed by atoms with Gasteiger partial charge in [-0.15, -0.1) is 0 Å². The number of hydrogen-bond donors (Lipinski definition) is 6. The minimum Gasteiger partial charge on any atom is -0.394 e. The molecule has 0 aromatic heterocycles. The number of rotatable bonds is 6. The zero-order chi connectivity index (χ0) is 11.0. The third kappa shape index (κ3) is 6.98. The summed E-state index contributed by atoms with van der Waals surface area (Å²) in [7, 11) is 0. The Morgan fingerprint density at radius 3 is 1.64 bits per heavy atom. The van der Waals surface area contributed by atoms with Crippen molar-refractivity contribution in [2.75, 3.05) is 26.3 Å². The second kappa shape index (κ2) is 7.89. The highest BCUT2D eigenvalue weighted by atomic mass is 32.1. The predicted molar refractivity (Wildman–Crippen MR) is 54.8 cm³/mol. The molecule has 84 valence electrons. The molecule has 2 atom stereocenters. The van der Waals surface area contributed by atoms with Gasteiger partial charge in [0, 0.05) is 13.1 Å². The molecule has 7 heteroatoms. The predicted octanol–water partition coefficient (Wildman–Crippen LogP) is -2.84. The molecular weight excluding hydrogens is 208 g/mol. The van der Waals surface area contributed by atoms with Crippen LogP contribution in [0, 0.1) is 0 Å². The molecule has 0 bridgehead atoms. The van der Waals surface area contributed by atoms with Gasteiger partial charge < -0.3 is 31.1 Å². The molecule has 2 unspecified atom stereocenters. The summed E-state index contributed by atoms with van der Waals surface area (Å²) in [6.45, 7) is -0.404. The number of nitrogens with one attached hydrogen (secondary N) is 2. The topological polar surface area (TPSA) is 105 Å². The van der Waals surface area contributed by atoms with E-state index in [4.69, 9.17) is 32.6 Å². The van der Waals surface area contributed by atoms with Gasteiger partial charge in [-0.25, -0.2) is 0 Å². The highest BCUT2D eigenvalue weighted by Gasteiger charge is 2.04. The van der Waals surface area contributed by atoms with Crippen molar-refractivity contribution in [2.24, 2.45) is 0 Å². The SMILES string of the molecule is OCC(O)CNC(=S)NCC(O)CO. The van der Waals surface area contributed by atoms with Crippen LogP contribution in [0.1, 0.15) is 0 Å². The van der Waals surface area contributed by atoms with E-state index in [0.29, 0.717) is 0 Å². The minimum absolute atomic E-state index is 0.136. The Balaban J connectivity index is 3.46. The maximum Gasteiger partial charge on any atom is 0.166 e. The first-order chi connectivity index (χ1) is 6.60. The first kappa shape index (κ1) is 13.5. The van der Waals surface area contributed by atoms with E-state index in [1.54, 1.807) is 0 Å². The lowest BCUT2D eigenvalue weighted by atomic mass is 10.4. The van der Waals surface area contributed by atoms with Gasteiger partial charge >= 0.3 is 0 Å². The number of aliphatic hydroxyl groups excluding tert-OH is 4. The number of thiocarbonyl (C=S) groups is 1. The summed E-state index contributed by atoms with van der Waals surface area (Å²) in [5.74, 6) is 0. The van der Waals surface area contributed by atoms with Gasteiger partial charge in [-0.05, 0) is 12.2 Å². The van der Waals surface area contributed by atoms with E-state index in [1.165, 1.54) is 0 Å². The summed E-state index contributed by atoms with van der Waals surface area (Å²) >= 11 is 4.78. The second-order valence-electron chi connectivity index (χ2n) is 2.76. The lowest BCUT2D eigenvalue weighted by molar-refractivity contribution is 0.0955. The summed E-state index contributed by atoms with van der Waals surface area (Å²) in [6, 6.07) is 0. The van der Waals surface area contributed by atoms with E-state index in [0.717, 1.165) is 0 Å². The van der Waals surface area contributed by atoms with Gasteiger partial charge in [0.05, 0.1) is 25.4 Å². The van der Waals surface area contributed by atoms with Gasteiger partial charge in [0.2, 0.25) is 0 Å². The fraction of sp³-hybridized carbons (Fsp3) is 0.857. The molecule has 0 rings (SSSR count). The van der Waals surface area contributed by atoms with Gasteiger partial charge in [-0.2, -0.15) is 0 Å². The van der Waals surface area contributed by atoms with Crippen LogP contribution in [0.25, 0.3) is 0 Å². The highest BCUT2D eigenvalue weighted by Crippen LogP contribution is 1.79. The lowest BCUT2D eigenvalue weighted by Crippen LogP contribution is -2.43. The minimum atomic E-state index is -0.863. The molecule has 0 heterocycles. The maximum atomic E-state index is 8.94. The second-order valence-corrected chi connectivity index (χ2v) is 3.17. The van der Waals surface area contributed by atoms with Crippen LogP contribution in [0.3, 0.4) is 0 Å². The van der Waals surface area contributed by atoms with Crippen molar-refractivity contribution < 1.29 is 20.4 Å². The third-order valence-electron chi connectivity index (χ3n) is 1.42. The molecular formula is C7H16N2O4S. The third-order valence-corrected chi connectivity index (χ3v) is 1.71. The average Bonchev–Trinajstić information content (AvgIpc) is 2.22. The molecule has 6 N–H and O–H groups in total. The van der Waals surface area contributed by atoms with Gasteiger partial charge in [-0.1, -0.05) is 0 Å². The fourth-order valence-electron chi connectivity index (χ4n) is 0.613. The van der Waals surface area contributed by atoms with Crippen LogP contribution < -0.4 is 10.6 Å². The van der Waals surface area contributed by atoms with Crippen molar-refractivity contribution in [2.45, 2.75) is 12.2 Å². The smallest absolute Gasteiger partial charge is 0.166 e. The molecule has 14 heavy (non-hydrogen) atoms. The van der Waals surface area contributed by atoms with Crippen molar-refractivity contribution in [3.05, 3.63) is 0 Å². The van der Waals surface area contributed by atoms with Crippen molar-refractivity contribution in [1.82, 2.24) is 10.6 Å². The molecule has 0 saturated carbocycles. The molecule has 0 amide bonds. The van der Waals surface area contributed by atoms with Crippen LogP contribution in [0.2, 0.25) is 0 Å². The highest BCUT2D eigenvalue weighted by molar-refractivity contribution is 7.80. The van der Waals surface area contributed by atoms with Crippen LogP contribution >= 0.6 is 12.2 Å². The van der Waals surface area contributed by atoms with Crippen molar-refractivity contribution >= 4 is 17.3 Å². The Kier molecular flexibility index (Phi) is 7.63. The first-order valence-corrected chi connectivity index (χ1v) is 4.60. The standard InChI is InChI=1S/C7H16N2O4S/c10-3-5(12)1-8-7(14)9-2-6(13)4-11/h5-6,10-13H,1-4H2,(H2,8,9,14). The van der Waals surface area contributed by atoms with Gasteiger partial charge in [0.1, 0.15) is 0 Å². The average molecular weight is 224 g/mol. The number of hydrogen-bond acceptors (Lipinski definition) is 5. The van der Waals surface area contributed by atoms with Crippen LogP contribution in [0.5, 0.6) is 0 Å². The molecule has 0 aliphatic rings. The largest absolute Gasteiger partial charge is 0.394 e.